The van der Waals surface area contributed by atoms with Crippen LogP contribution in [0.3, 0.4) is 0 Å². The molecule has 6 heteroatoms. The summed E-state index contributed by atoms with van der Waals surface area (Å²) in [5, 5.41) is 12.1. The van der Waals surface area contributed by atoms with Crippen LogP contribution in [0, 0.1) is 11.3 Å². The van der Waals surface area contributed by atoms with Crippen LogP contribution in [0.4, 0.5) is 0 Å². The molecule has 0 unspecified atom stereocenters. The van der Waals surface area contributed by atoms with Crippen LogP contribution in [0.5, 0.6) is 0 Å². The number of rotatable bonds is 3. The molecular weight excluding hydrogens is 374 g/mol. The van der Waals surface area contributed by atoms with Gasteiger partial charge in [-0.25, -0.2) is 9.97 Å². The third-order valence-electron chi connectivity index (χ3n) is 4.43. The van der Waals surface area contributed by atoms with E-state index >= 15 is 0 Å². The first-order chi connectivity index (χ1) is 14.0. The quantitative estimate of drug-likeness (QED) is 0.693. The van der Waals surface area contributed by atoms with Crippen molar-refractivity contribution in [2.24, 2.45) is 0 Å². The number of carbonyl (C=O) groups is 1. The number of aromatic nitrogens is 3. The molecule has 0 aliphatic carbocycles. The number of benzene rings is 1. The number of hydrogen-bond donors (Lipinski definition) is 1. The smallest absolute Gasteiger partial charge is 0.251 e. The van der Waals surface area contributed by atoms with Crippen LogP contribution in [0.2, 0.25) is 0 Å². The Morgan fingerprint density at radius 1 is 1.07 bits per heavy atom. The van der Waals surface area contributed by atoms with Crippen molar-refractivity contribution in [1.82, 2.24) is 19.9 Å². The Labute approximate surface area is 177 Å². The van der Waals surface area contributed by atoms with Gasteiger partial charge in [-0.1, -0.05) is 32.9 Å². The standard InChI is InChI=1S/C24H27N5O/c1-23(2,3)22-26-11-12-29(22)20-14-18(21(30)28-24(4,5)6)13-19(27-20)17-9-7-16(15-25)8-10-17/h7-14H,1-6H3,(H,28,30). The number of imidazole rings is 1. The highest BCUT2D eigenvalue weighted by molar-refractivity contribution is 5.96. The zero-order chi connectivity index (χ0) is 22.1. The molecule has 1 aromatic carbocycles. The van der Waals surface area contributed by atoms with Gasteiger partial charge in [-0.2, -0.15) is 5.26 Å². The summed E-state index contributed by atoms with van der Waals surface area (Å²) in [4.78, 5) is 22.3. The molecule has 1 amide bonds. The minimum atomic E-state index is -0.360. The molecule has 0 radical (unpaired) electrons. The van der Waals surface area contributed by atoms with Gasteiger partial charge in [0.15, 0.2) is 0 Å². The van der Waals surface area contributed by atoms with Gasteiger partial charge in [-0.15, -0.1) is 0 Å². The van der Waals surface area contributed by atoms with Gasteiger partial charge in [0.25, 0.3) is 5.91 Å². The fraction of sp³-hybridized carbons (Fsp3) is 0.333. The molecule has 0 aliphatic heterocycles. The first-order valence-electron chi connectivity index (χ1n) is 9.87. The fourth-order valence-electron chi connectivity index (χ4n) is 3.09. The molecule has 0 bridgehead atoms. The van der Waals surface area contributed by atoms with Crippen molar-refractivity contribution in [1.29, 1.82) is 5.26 Å². The average molecular weight is 402 g/mol. The van der Waals surface area contributed by atoms with Gasteiger partial charge in [-0.3, -0.25) is 9.36 Å². The van der Waals surface area contributed by atoms with Crippen LogP contribution in [0.1, 0.15) is 63.3 Å². The second-order valence-corrected chi connectivity index (χ2v) is 9.36. The summed E-state index contributed by atoms with van der Waals surface area (Å²) in [5.41, 5.74) is 2.03. The summed E-state index contributed by atoms with van der Waals surface area (Å²) in [6, 6.07) is 12.9. The van der Waals surface area contributed by atoms with Crippen molar-refractivity contribution in [2.75, 3.05) is 0 Å². The summed E-state index contributed by atoms with van der Waals surface area (Å²) in [6.45, 7) is 12.1. The normalized spacial score (nSPS) is 11.8. The van der Waals surface area contributed by atoms with Crippen LogP contribution in [0.15, 0.2) is 48.8 Å². The van der Waals surface area contributed by atoms with Crippen molar-refractivity contribution in [3.8, 4) is 23.1 Å². The lowest BCUT2D eigenvalue weighted by molar-refractivity contribution is 0.0919. The Hall–Kier alpha value is -3.46. The molecule has 0 spiro atoms. The highest BCUT2D eigenvalue weighted by atomic mass is 16.1. The zero-order valence-electron chi connectivity index (χ0n) is 18.3. The van der Waals surface area contributed by atoms with E-state index in [9.17, 15) is 4.79 Å². The van der Waals surface area contributed by atoms with Gasteiger partial charge < -0.3 is 5.32 Å². The topological polar surface area (TPSA) is 83.6 Å². The average Bonchev–Trinajstić information content (AvgIpc) is 3.17. The number of carbonyl (C=O) groups excluding carboxylic acids is 1. The second kappa shape index (κ2) is 7.75. The van der Waals surface area contributed by atoms with Gasteiger partial charge in [0.1, 0.15) is 11.6 Å². The van der Waals surface area contributed by atoms with Crippen molar-refractivity contribution in [3.05, 3.63) is 65.7 Å². The summed E-state index contributed by atoms with van der Waals surface area (Å²) in [6.07, 6.45) is 3.60. The maximum atomic E-state index is 12.9. The van der Waals surface area contributed by atoms with Gasteiger partial charge in [0, 0.05) is 34.5 Å². The predicted molar refractivity (Wildman–Crippen MR) is 117 cm³/mol. The van der Waals surface area contributed by atoms with E-state index in [1.165, 1.54) is 0 Å². The lowest BCUT2D eigenvalue weighted by Gasteiger charge is -2.22. The Morgan fingerprint density at radius 2 is 1.73 bits per heavy atom. The number of nitrogens with zero attached hydrogens (tertiary/aromatic N) is 4. The van der Waals surface area contributed by atoms with E-state index in [0.717, 1.165) is 11.4 Å². The third kappa shape index (κ3) is 4.74. The highest BCUT2D eigenvalue weighted by Crippen LogP contribution is 2.26. The van der Waals surface area contributed by atoms with Crippen molar-refractivity contribution in [3.63, 3.8) is 0 Å². The Bertz CT molecular complexity index is 1110. The first-order valence-corrected chi connectivity index (χ1v) is 9.87. The summed E-state index contributed by atoms with van der Waals surface area (Å²) in [5.74, 6) is 1.31. The number of pyridine rings is 1. The van der Waals surface area contributed by atoms with Crippen LogP contribution < -0.4 is 5.32 Å². The van der Waals surface area contributed by atoms with E-state index in [2.05, 4.69) is 37.1 Å². The molecule has 6 nitrogen and oxygen atoms in total. The molecule has 1 N–H and O–H groups in total. The van der Waals surface area contributed by atoms with E-state index in [1.807, 2.05) is 43.7 Å². The van der Waals surface area contributed by atoms with Crippen LogP contribution in [-0.2, 0) is 5.41 Å². The van der Waals surface area contributed by atoms with E-state index in [-0.39, 0.29) is 16.9 Å². The first kappa shape index (κ1) is 21.3. The minimum Gasteiger partial charge on any atom is -0.347 e. The van der Waals surface area contributed by atoms with E-state index in [4.69, 9.17) is 10.2 Å². The molecule has 154 valence electrons. The Morgan fingerprint density at radius 3 is 2.30 bits per heavy atom. The number of hydrogen-bond acceptors (Lipinski definition) is 4. The number of nitrogens with one attached hydrogen (secondary N) is 1. The number of nitriles is 1. The van der Waals surface area contributed by atoms with Gasteiger partial charge >= 0.3 is 0 Å². The molecule has 2 heterocycles. The summed E-state index contributed by atoms with van der Waals surface area (Å²) in [7, 11) is 0. The van der Waals surface area contributed by atoms with Gasteiger partial charge in [0.2, 0.25) is 0 Å². The molecule has 0 saturated carbocycles. The van der Waals surface area contributed by atoms with Crippen molar-refractivity contribution in [2.45, 2.75) is 52.5 Å². The van der Waals surface area contributed by atoms with E-state index < -0.39 is 0 Å². The summed E-state index contributed by atoms with van der Waals surface area (Å²) >= 11 is 0. The van der Waals surface area contributed by atoms with E-state index in [1.54, 1.807) is 30.5 Å². The lowest BCUT2D eigenvalue weighted by atomic mass is 9.95. The molecule has 0 aliphatic rings. The van der Waals surface area contributed by atoms with Gasteiger partial charge in [-0.05, 0) is 45.0 Å². The molecule has 3 rings (SSSR count). The third-order valence-corrected chi connectivity index (χ3v) is 4.43. The molecular formula is C24H27N5O. The largest absolute Gasteiger partial charge is 0.347 e. The van der Waals surface area contributed by atoms with Crippen LogP contribution in [0.25, 0.3) is 17.1 Å². The monoisotopic (exact) mass is 401 g/mol. The van der Waals surface area contributed by atoms with Crippen LogP contribution >= 0.6 is 0 Å². The van der Waals surface area contributed by atoms with Gasteiger partial charge in [0.05, 0.1) is 17.3 Å². The molecule has 0 atom stereocenters. The molecule has 30 heavy (non-hydrogen) atoms. The molecule has 3 aromatic rings. The van der Waals surface area contributed by atoms with Crippen molar-refractivity contribution >= 4 is 5.91 Å². The van der Waals surface area contributed by atoms with Crippen LogP contribution in [-0.4, -0.2) is 26.0 Å². The molecule has 0 saturated heterocycles. The minimum absolute atomic E-state index is 0.168. The maximum Gasteiger partial charge on any atom is 0.251 e. The zero-order valence-corrected chi connectivity index (χ0v) is 18.3. The molecule has 0 fully saturated rings. The van der Waals surface area contributed by atoms with E-state index in [0.29, 0.717) is 22.6 Å². The lowest BCUT2D eigenvalue weighted by Crippen LogP contribution is -2.40. The maximum absolute atomic E-state index is 12.9. The fourth-order valence-corrected chi connectivity index (χ4v) is 3.09. The summed E-state index contributed by atoms with van der Waals surface area (Å²) < 4.78 is 1.92. The van der Waals surface area contributed by atoms with Crippen molar-refractivity contribution < 1.29 is 4.79 Å². The predicted octanol–water partition coefficient (Wildman–Crippen LogP) is 4.63. The second-order valence-electron chi connectivity index (χ2n) is 9.36. The Balaban J connectivity index is 2.17. The number of amides is 1. The highest BCUT2D eigenvalue weighted by Gasteiger charge is 2.23. The SMILES string of the molecule is CC(C)(C)NC(=O)c1cc(-c2ccc(C#N)cc2)nc(-n2ccnc2C(C)(C)C)c1. The molecule has 2 aromatic heterocycles. The Kier molecular flexibility index (Phi) is 5.49.